The molecule has 0 amide bonds. The number of hydrogen-bond donors (Lipinski definition) is 1. The third kappa shape index (κ3) is 4.82. The van der Waals surface area contributed by atoms with Crippen molar-refractivity contribution in [3.63, 3.8) is 0 Å². The SMILES string of the molecule is C=Cc1ccc(OC(F)(F)C(F)(F)C(F)(F)Oc2ccc(S(=O)(=O)O)cc2)cc1. The summed E-state index contributed by atoms with van der Waals surface area (Å²) in [6, 6.07) is 6.12. The maximum atomic E-state index is 13.9. The summed E-state index contributed by atoms with van der Waals surface area (Å²) in [4.78, 5) is -0.753. The highest BCUT2D eigenvalue weighted by atomic mass is 32.2. The van der Waals surface area contributed by atoms with E-state index in [1.54, 1.807) is 0 Å². The van der Waals surface area contributed by atoms with Crippen molar-refractivity contribution in [2.75, 3.05) is 0 Å². The zero-order chi connectivity index (χ0) is 22.1. The number of rotatable bonds is 8. The molecule has 0 spiro atoms. The zero-order valence-corrected chi connectivity index (χ0v) is 15.0. The summed E-state index contributed by atoms with van der Waals surface area (Å²) in [6.07, 6.45) is -10.1. The lowest BCUT2D eigenvalue weighted by Crippen LogP contribution is -2.59. The molecule has 0 atom stereocenters. The average molecular weight is 442 g/mol. The van der Waals surface area contributed by atoms with Crippen molar-refractivity contribution < 1.29 is 48.8 Å². The molecule has 29 heavy (non-hydrogen) atoms. The van der Waals surface area contributed by atoms with E-state index < -0.39 is 44.7 Å². The summed E-state index contributed by atoms with van der Waals surface area (Å²) >= 11 is 0. The maximum absolute atomic E-state index is 13.9. The van der Waals surface area contributed by atoms with Crippen LogP contribution in [0.1, 0.15) is 5.56 Å². The van der Waals surface area contributed by atoms with E-state index in [9.17, 15) is 34.8 Å². The van der Waals surface area contributed by atoms with E-state index in [0.29, 0.717) is 29.8 Å². The molecule has 158 valence electrons. The molecule has 0 fully saturated rings. The second kappa shape index (κ2) is 7.59. The Kier molecular flexibility index (Phi) is 5.91. The molecule has 0 saturated heterocycles. The summed E-state index contributed by atoms with van der Waals surface area (Å²) in [5, 5.41) is 0. The Labute approximate surface area is 160 Å². The van der Waals surface area contributed by atoms with Crippen molar-refractivity contribution in [3.05, 3.63) is 60.7 Å². The zero-order valence-electron chi connectivity index (χ0n) is 14.2. The molecule has 0 heterocycles. The van der Waals surface area contributed by atoms with Crippen LogP contribution in [0.2, 0.25) is 0 Å². The third-order valence-corrected chi connectivity index (χ3v) is 4.33. The first kappa shape index (κ1) is 22.6. The predicted octanol–water partition coefficient (Wildman–Crippen LogP) is 4.86. The van der Waals surface area contributed by atoms with Crippen molar-refractivity contribution >= 4 is 16.2 Å². The van der Waals surface area contributed by atoms with Crippen LogP contribution < -0.4 is 9.47 Å². The smallest absolute Gasteiger partial charge is 0.428 e. The molecule has 1 N–H and O–H groups in total. The number of halogens is 6. The Balaban J connectivity index is 2.24. The third-order valence-electron chi connectivity index (χ3n) is 3.46. The van der Waals surface area contributed by atoms with Crippen LogP contribution in [0.15, 0.2) is 60.0 Å². The minimum Gasteiger partial charge on any atom is -0.428 e. The predicted molar refractivity (Wildman–Crippen MR) is 88.9 cm³/mol. The highest BCUT2D eigenvalue weighted by Crippen LogP contribution is 2.47. The molecule has 0 aliphatic heterocycles. The lowest BCUT2D eigenvalue weighted by atomic mass is 10.2. The largest absolute Gasteiger partial charge is 0.475 e. The van der Waals surface area contributed by atoms with Gasteiger partial charge in [-0.05, 0) is 42.0 Å². The number of benzene rings is 2. The first-order chi connectivity index (χ1) is 13.2. The van der Waals surface area contributed by atoms with E-state index in [1.165, 1.54) is 18.2 Å². The topological polar surface area (TPSA) is 72.8 Å². The van der Waals surface area contributed by atoms with Gasteiger partial charge in [-0.3, -0.25) is 4.55 Å². The Bertz CT molecular complexity index is 972. The van der Waals surface area contributed by atoms with Gasteiger partial charge in [-0.25, -0.2) is 0 Å². The molecule has 0 unspecified atom stereocenters. The highest BCUT2D eigenvalue weighted by molar-refractivity contribution is 7.85. The Morgan fingerprint density at radius 2 is 1.17 bits per heavy atom. The van der Waals surface area contributed by atoms with Gasteiger partial charge in [0.15, 0.2) is 0 Å². The van der Waals surface area contributed by atoms with E-state index in [2.05, 4.69) is 16.1 Å². The normalized spacial score (nSPS) is 13.1. The van der Waals surface area contributed by atoms with Crippen LogP contribution in [0.5, 0.6) is 11.5 Å². The standard InChI is InChI=1S/C17H12F6O5S/c1-2-11-3-5-12(6-4-11)27-16(20,21)15(18,19)17(22,23)28-13-7-9-14(10-8-13)29(24,25)26/h2-10H,1H2,(H,24,25,26). The van der Waals surface area contributed by atoms with Crippen molar-refractivity contribution in [1.82, 2.24) is 0 Å². The van der Waals surface area contributed by atoms with Gasteiger partial charge in [-0.15, -0.1) is 0 Å². The van der Waals surface area contributed by atoms with Gasteiger partial charge in [0.25, 0.3) is 10.1 Å². The molecule has 0 radical (unpaired) electrons. The van der Waals surface area contributed by atoms with E-state index in [1.807, 2.05) is 0 Å². The van der Waals surface area contributed by atoms with Gasteiger partial charge in [-0.2, -0.15) is 34.8 Å². The molecule has 2 aromatic rings. The van der Waals surface area contributed by atoms with Crippen molar-refractivity contribution in [1.29, 1.82) is 0 Å². The summed E-state index contributed by atoms with van der Waals surface area (Å²) in [6.45, 7) is 3.39. The summed E-state index contributed by atoms with van der Waals surface area (Å²) < 4.78 is 121. The molecule has 0 aliphatic carbocycles. The Morgan fingerprint density at radius 3 is 1.52 bits per heavy atom. The Hall–Kier alpha value is -2.73. The number of ether oxygens (including phenoxy) is 2. The van der Waals surface area contributed by atoms with Crippen LogP contribution >= 0.6 is 0 Å². The molecule has 0 bridgehead atoms. The van der Waals surface area contributed by atoms with E-state index in [-0.39, 0.29) is 0 Å². The van der Waals surface area contributed by atoms with Crippen LogP contribution in [0.3, 0.4) is 0 Å². The van der Waals surface area contributed by atoms with Crippen LogP contribution in [0.25, 0.3) is 6.08 Å². The highest BCUT2D eigenvalue weighted by Gasteiger charge is 2.77. The first-order valence-corrected chi connectivity index (χ1v) is 8.95. The second-order valence-corrected chi connectivity index (χ2v) is 6.95. The lowest BCUT2D eigenvalue weighted by molar-refractivity contribution is -0.415. The van der Waals surface area contributed by atoms with Gasteiger partial charge >= 0.3 is 18.1 Å². The first-order valence-electron chi connectivity index (χ1n) is 7.51. The van der Waals surface area contributed by atoms with Gasteiger partial charge in [0.2, 0.25) is 0 Å². The molecule has 0 aliphatic rings. The Morgan fingerprint density at radius 1 is 0.793 bits per heavy atom. The maximum Gasteiger partial charge on any atom is 0.475 e. The fourth-order valence-corrected chi connectivity index (χ4v) is 2.43. The molecular weight excluding hydrogens is 430 g/mol. The molecule has 2 aromatic carbocycles. The fourth-order valence-electron chi connectivity index (χ4n) is 1.95. The van der Waals surface area contributed by atoms with Gasteiger partial charge in [-0.1, -0.05) is 24.8 Å². The molecular formula is C17H12F6O5S. The second-order valence-electron chi connectivity index (χ2n) is 5.53. The molecule has 12 heteroatoms. The molecule has 0 aromatic heterocycles. The van der Waals surface area contributed by atoms with Gasteiger partial charge in [0.05, 0.1) is 4.90 Å². The number of alkyl halides is 6. The van der Waals surface area contributed by atoms with E-state index in [0.717, 1.165) is 12.1 Å². The van der Waals surface area contributed by atoms with Crippen LogP contribution in [-0.2, 0) is 10.1 Å². The van der Waals surface area contributed by atoms with Crippen LogP contribution in [-0.4, -0.2) is 31.1 Å². The van der Waals surface area contributed by atoms with Crippen molar-refractivity contribution in [2.24, 2.45) is 0 Å². The van der Waals surface area contributed by atoms with Crippen molar-refractivity contribution in [2.45, 2.75) is 23.0 Å². The minimum absolute atomic E-state index is 0.439. The lowest BCUT2D eigenvalue weighted by Gasteiger charge is -2.31. The van der Waals surface area contributed by atoms with E-state index in [4.69, 9.17) is 4.55 Å². The monoisotopic (exact) mass is 442 g/mol. The van der Waals surface area contributed by atoms with Gasteiger partial charge < -0.3 is 9.47 Å². The van der Waals surface area contributed by atoms with Gasteiger partial charge in [0, 0.05) is 0 Å². The summed E-state index contributed by atoms with van der Waals surface area (Å²) in [5.74, 6) is -8.00. The average Bonchev–Trinajstić information content (AvgIpc) is 2.61. The molecule has 5 nitrogen and oxygen atoms in total. The fraction of sp³-hybridized carbons (Fsp3) is 0.176. The van der Waals surface area contributed by atoms with Crippen molar-refractivity contribution in [3.8, 4) is 11.5 Å². The molecule has 0 saturated carbocycles. The molecule has 2 rings (SSSR count). The number of hydrogen-bond acceptors (Lipinski definition) is 4. The van der Waals surface area contributed by atoms with Crippen LogP contribution in [0, 0.1) is 0 Å². The van der Waals surface area contributed by atoms with Crippen LogP contribution in [0.4, 0.5) is 26.3 Å². The minimum atomic E-state index is -6.13. The summed E-state index contributed by atoms with van der Waals surface area (Å²) in [7, 11) is -4.69. The van der Waals surface area contributed by atoms with E-state index >= 15 is 0 Å². The summed E-state index contributed by atoms with van der Waals surface area (Å²) in [5.41, 5.74) is 0.439. The van der Waals surface area contributed by atoms with Gasteiger partial charge in [0.1, 0.15) is 11.5 Å². The quantitative estimate of drug-likeness (QED) is 0.467.